The van der Waals surface area contributed by atoms with Gasteiger partial charge >= 0.3 is 0 Å². The number of fused-ring (bicyclic) bond motifs is 1. The molecule has 1 aliphatic carbocycles. The Kier molecular flexibility index (Phi) is 5.54. The van der Waals surface area contributed by atoms with E-state index in [0.29, 0.717) is 17.6 Å². The van der Waals surface area contributed by atoms with Crippen LogP contribution in [0.25, 0.3) is 22.2 Å². The zero-order chi connectivity index (χ0) is 22.3. The van der Waals surface area contributed by atoms with Crippen molar-refractivity contribution >= 4 is 26.7 Å². The standard InChI is InChI=1S/C23H29N5O3S/c1-32(29,30)9-8-31-19-5-2-4-17(12-19)20-14-28(23-21(20)22(24)25-15-26-23)18-10-16(11-18)13-27-6-3-7-27/h2,4-5,12,14-16,18H,3,6-11,13H2,1H3,(H2,24,25,26). The minimum absolute atomic E-state index is 0.0163. The van der Waals surface area contributed by atoms with E-state index in [9.17, 15) is 8.42 Å². The summed E-state index contributed by atoms with van der Waals surface area (Å²) in [6.07, 6.45) is 8.50. The molecule has 3 heterocycles. The molecule has 2 N–H and O–H groups in total. The van der Waals surface area contributed by atoms with E-state index in [1.165, 1.54) is 38.6 Å². The molecule has 0 radical (unpaired) electrons. The summed E-state index contributed by atoms with van der Waals surface area (Å²) in [7, 11) is -3.07. The van der Waals surface area contributed by atoms with Crippen LogP contribution in [-0.2, 0) is 9.84 Å². The number of hydrogen-bond donors (Lipinski definition) is 1. The van der Waals surface area contributed by atoms with Gasteiger partial charge in [0, 0.05) is 30.6 Å². The Morgan fingerprint density at radius 3 is 2.75 bits per heavy atom. The third-order valence-electron chi connectivity index (χ3n) is 6.58. The minimum atomic E-state index is -3.07. The number of ether oxygens (including phenoxy) is 1. The maximum atomic E-state index is 11.4. The van der Waals surface area contributed by atoms with E-state index in [-0.39, 0.29) is 12.4 Å². The number of anilines is 1. The molecular formula is C23H29N5O3S. The second-order valence-corrected chi connectivity index (χ2v) is 11.3. The molecule has 1 aromatic carbocycles. The van der Waals surface area contributed by atoms with Gasteiger partial charge in [-0.25, -0.2) is 18.4 Å². The lowest BCUT2D eigenvalue weighted by Gasteiger charge is -2.42. The van der Waals surface area contributed by atoms with Crippen molar-refractivity contribution in [3.8, 4) is 16.9 Å². The van der Waals surface area contributed by atoms with Crippen molar-refractivity contribution in [1.82, 2.24) is 19.4 Å². The number of rotatable bonds is 8. The Bertz CT molecular complexity index is 1230. The molecule has 5 rings (SSSR count). The molecule has 0 atom stereocenters. The van der Waals surface area contributed by atoms with Gasteiger partial charge in [-0.05, 0) is 56.0 Å². The van der Waals surface area contributed by atoms with Crippen LogP contribution in [0.4, 0.5) is 5.82 Å². The molecule has 3 aromatic rings. The van der Waals surface area contributed by atoms with Gasteiger partial charge in [0.1, 0.15) is 30.1 Å². The van der Waals surface area contributed by atoms with Gasteiger partial charge in [-0.2, -0.15) is 0 Å². The van der Waals surface area contributed by atoms with E-state index in [0.717, 1.165) is 40.9 Å². The lowest BCUT2D eigenvalue weighted by atomic mass is 9.79. The zero-order valence-electron chi connectivity index (χ0n) is 18.3. The predicted molar refractivity (Wildman–Crippen MR) is 125 cm³/mol. The fourth-order valence-corrected chi connectivity index (χ4v) is 5.06. The lowest BCUT2D eigenvalue weighted by molar-refractivity contribution is 0.0921. The van der Waals surface area contributed by atoms with Crippen LogP contribution in [0.5, 0.6) is 5.75 Å². The molecule has 2 fully saturated rings. The highest BCUT2D eigenvalue weighted by Gasteiger charge is 2.34. The quantitative estimate of drug-likeness (QED) is 0.557. The molecule has 1 aliphatic heterocycles. The zero-order valence-corrected chi connectivity index (χ0v) is 19.1. The number of hydrogen-bond acceptors (Lipinski definition) is 7. The van der Waals surface area contributed by atoms with Gasteiger partial charge in [-0.3, -0.25) is 0 Å². The molecular weight excluding hydrogens is 426 g/mol. The van der Waals surface area contributed by atoms with Crippen LogP contribution in [-0.4, -0.2) is 66.1 Å². The maximum absolute atomic E-state index is 11.4. The molecule has 9 heteroatoms. The van der Waals surface area contributed by atoms with E-state index in [4.69, 9.17) is 10.5 Å². The molecule has 0 amide bonds. The number of sulfone groups is 1. The summed E-state index contributed by atoms with van der Waals surface area (Å²) in [6.45, 7) is 3.80. The topological polar surface area (TPSA) is 103 Å². The van der Waals surface area contributed by atoms with Gasteiger partial charge < -0.3 is 19.9 Å². The average molecular weight is 456 g/mol. The number of aromatic nitrogens is 3. The van der Waals surface area contributed by atoms with Crippen LogP contribution in [0.1, 0.15) is 25.3 Å². The second-order valence-electron chi connectivity index (χ2n) is 9.06. The minimum Gasteiger partial charge on any atom is -0.493 e. The number of benzene rings is 1. The predicted octanol–water partition coefficient (Wildman–Crippen LogP) is 2.76. The number of nitrogens with zero attached hydrogens (tertiary/aromatic N) is 4. The molecule has 1 saturated heterocycles. The first kappa shape index (κ1) is 21.2. The van der Waals surface area contributed by atoms with Crippen molar-refractivity contribution in [3.05, 3.63) is 36.8 Å². The van der Waals surface area contributed by atoms with E-state index in [1.54, 1.807) is 0 Å². The van der Waals surface area contributed by atoms with Crippen LogP contribution in [0.15, 0.2) is 36.8 Å². The van der Waals surface area contributed by atoms with Gasteiger partial charge in [0.15, 0.2) is 9.84 Å². The monoisotopic (exact) mass is 455 g/mol. The van der Waals surface area contributed by atoms with E-state index in [2.05, 4.69) is 25.6 Å². The van der Waals surface area contributed by atoms with Crippen molar-refractivity contribution < 1.29 is 13.2 Å². The van der Waals surface area contributed by atoms with Crippen LogP contribution >= 0.6 is 0 Å². The lowest BCUT2D eigenvalue weighted by Crippen LogP contribution is -2.43. The van der Waals surface area contributed by atoms with Crippen molar-refractivity contribution in [1.29, 1.82) is 0 Å². The van der Waals surface area contributed by atoms with E-state index >= 15 is 0 Å². The Labute approximate surface area is 188 Å². The second kappa shape index (κ2) is 8.37. The van der Waals surface area contributed by atoms with E-state index < -0.39 is 9.84 Å². The van der Waals surface area contributed by atoms with Crippen molar-refractivity contribution in [3.63, 3.8) is 0 Å². The smallest absolute Gasteiger partial charge is 0.150 e. The van der Waals surface area contributed by atoms with Crippen molar-refractivity contribution in [2.75, 3.05) is 44.0 Å². The molecule has 0 bridgehead atoms. The third-order valence-corrected chi connectivity index (χ3v) is 7.48. The van der Waals surface area contributed by atoms with Gasteiger partial charge in [0.2, 0.25) is 0 Å². The van der Waals surface area contributed by atoms with Crippen molar-refractivity contribution in [2.45, 2.75) is 25.3 Å². The summed E-state index contributed by atoms with van der Waals surface area (Å²) in [5.74, 6) is 1.81. The van der Waals surface area contributed by atoms with Gasteiger partial charge in [0.05, 0.1) is 11.1 Å². The molecule has 0 unspecified atom stereocenters. The molecule has 8 nitrogen and oxygen atoms in total. The van der Waals surface area contributed by atoms with Crippen LogP contribution in [0.2, 0.25) is 0 Å². The largest absolute Gasteiger partial charge is 0.493 e. The number of nitrogen functional groups attached to an aromatic ring is 1. The number of nitrogens with two attached hydrogens (primary N) is 1. The summed E-state index contributed by atoms with van der Waals surface area (Å²) in [5, 5.41) is 0.854. The Balaban J connectivity index is 1.40. The summed E-state index contributed by atoms with van der Waals surface area (Å²) in [4.78, 5) is 11.3. The van der Waals surface area contributed by atoms with Crippen LogP contribution < -0.4 is 10.5 Å². The highest BCUT2D eigenvalue weighted by Crippen LogP contribution is 2.43. The molecule has 32 heavy (non-hydrogen) atoms. The molecule has 0 spiro atoms. The first-order chi connectivity index (χ1) is 15.4. The SMILES string of the molecule is CS(=O)(=O)CCOc1cccc(-c2cn(C3CC(CN4CCC4)C3)c3ncnc(N)c23)c1. The fourth-order valence-electron chi connectivity index (χ4n) is 4.68. The van der Waals surface area contributed by atoms with Crippen molar-refractivity contribution in [2.24, 2.45) is 5.92 Å². The summed E-state index contributed by atoms with van der Waals surface area (Å²) in [5.41, 5.74) is 9.07. The molecule has 1 saturated carbocycles. The maximum Gasteiger partial charge on any atom is 0.150 e. The highest BCUT2D eigenvalue weighted by molar-refractivity contribution is 7.90. The summed E-state index contributed by atoms with van der Waals surface area (Å²) in [6, 6.07) is 8.07. The first-order valence-corrected chi connectivity index (χ1v) is 13.2. The average Bonchev–Trinajstić information content (AvgIpc) is 3.05. The Hall–Kier alpha value is -2.65. The molecule has 2 aliphatic rings. The van der Waals surface area contributed by atoms with Gasteiger partial charge in [-0.15, -0.1) is 0 Å². The normalized spacial score (nSPS) is 21.3. The summed E-state index contributed by atoms with van der Waals surface area (Å²) < 4.78 is 30.7. The molecule has 2 aromatic heterocycles. The third kappa shape index (κ3) is 4.31. The first-order valence-electron chi connectivity index (χ1n) is 11.1. The van der Waals surface area contributed by atoms with Gasteiger partial charge in [0.25, 0.3) is 0 Å². The van der Waals surface area contributed by atoms with E-state index in [1.807, 2.05) is 24.3 Å². The number of likely N-dealkylation sites (tertiary alicyclic amines) is 1. The highest BCUT2D eigenvalue weighted by atomic mass is 32.2. The fraction of sp³-hybridized carbons (Fsp3) is 0.478. The summed E-state index contributed by atoms with van der Waals surface area (Å²) >= 11 is 0. The van der Waals surface area contributed by atoms with Crippen LogP contribution in [0, 0.1) is 5.92 Å². The van der Waals surface area contributed by atoms with Gasteiger partial charge in [-0.1, -0.05) is 12.1 Å². The Morgan fingerprint density at radius 1 is 1.22 bits per heavy atom. The molecule has 170 valence electrons. The Morgan fingerprint density at radius 2 is 2.03 bits per heavy atom. The van der Waals surface area contributed by atoms with Crippen LogP contribution in [0.3, 0.4) is 0 Å².